The molecule has 0 atom stereocenters. The second-order valence-electron chi connectivity index (χ2n) is 9.54. The maximum Gasteiger partial charge on any atom is 0.339 e. The van der Waals surface area contributed by atoms with E-state index >= 15 is 0 Å². The molecule has 0 amide bonds. The number of hydrogen-bond donors (Lipinski definition) is 1. The molecule has 198 valence electrons. The number of Topliss-reactive ketones (excluding diaryl/α,β-unsaturated/α-hetero) is 2. The lowest BCUT2D eigenvalue weighted by molar-refractivity contribution is -0.137. The molecule has 0 aromatic heterocycles. The second-order valence-corrected chi connectivity index (χ2v) is 11.5. The molecular weight excluding hydrogens is 530 g/mol. The summed E-state index contributed by atoms with van der Waals surface area (Å²) in [5, 5.41) is 9.66. The molecule has 0 unspecified atom stereocenters. The Hall–Kier alpha value is -3.43. The molecule has 1 aliphatic heterocycles. The number of nitrogens with zero attached hydrogens (tertiary/aromatic N) is 1. The number of ketones is 2. The predicted molar refractivity (Wildman–Crippen MR) is 139 cm³/mol. The van der Waals surface area contributed by atoms with Crippen molar-refractivity contribution in [3.63, 3.8) is 0 Å². The monoisotopic (exact) mass is 555 g/mol. The molecule has 2 aromatic carbocycles. The van der Waals surface area contributed by atoms with Crippen LogP contribution in [0.4, 0.5) is 0 Å². The van der Waals surface area contributed by atoms with E-state index in [9.17, 15) is 27.9 Å². The summed E-state index contributed by atoms with van der Waals surface area (Å²) in [6, 6.07) is 12.2. The van der Waals surface area contributed by atoms with Crippen LogP contribution in [0.1, 0.15) is 56.4 Å². The van der Waals surface area contributed by atoms with Crippen LogP contribution in [-0.4, -0.2) is 42.5 Å². The lowest BCUT2D eigenvalue weighted by atomic mass is 9.70. The Balaban J connectivity index is 1.70. The zero-order chi connectivity index (χ0) is 27.0. The molecule has 0 saturated heterocycles. The first kappa shape index (κ1) is 26.2. The fraction of sp³-hybridized carbons (Fsp3) is 0.321. The number of carbonyl (C=O) groups excluding carboxylic acids is 2. The van der Waals surface area contributed by atoms with Crippen LogP contribution in [0, 0.1) is 0 Å². The maximum absolute atomic E-state index is 13.5. The van der Waals surface area contributed by atoms with Gasteiger partial charge in [-0.1, -0.05) is 29.8 Å². The van der Waals surface area contributed by atoms with Gasteiger partial charge in [-0.05, 0) is 56.0 Å². The first-order valence-corrected chi connectivity index (χ1v) is 14.3. The molecule has 2 aromatic rings. The van der Waals surface area contributed by atoms with Gasteiger partial charge in [-0.15, -0.1) is 0 Å². The smallest absolute Gasteiger partial charge is 0.339 e. The van der Waals surface area contributed by atoms with Gasteiger partial charge in [-0.2, -0.15) is 8.42 Å². The summed E-state index contributed by atoms with van der Waals surface area (Å²) in [4.78, 5) is 40.1. The average Bonchev–Trinajstić information content (AvgIpc) is 2.88. The Bertz CT molecular complexity index is 1450. The van der Waals surface area contributed by atoms with Crippen LogP contribution >= 0.6 is 11.6 Å². The summed E-state index contributed by atoms with van der Waals surface area (Å²) < 4.78 is 31.9. The van der Waals surface area contributed by atoms with E-state index in [1.807, 2.05) is 4.90 Å². The highest BCUT2D eigenvalue weighted by molar-refractivity contribution is 7.87. The molecular formula is C28H26ClNO7S. The fourth-order valence-electron chi connectivity index (χ4n) is 5.58. The minimum absolute atomic E-state index is 0.0160. The van der Waals surface area contributed by atoms with Crippen LogP contribution in [0.5, 0.6) is 5.75 Å². The van der Waals surface area contributed by atoms with Crippen molar-refractivity contribution in [3.8, 4) is 5.75 Å². The number of carboxylic acids is 1. The van der Waals surface area contributed by atoms with E-state index in [2.05, 4.69) is 0 Å². The molecule has 0 radical (unpaired) electrons. The number of aliphatic carboxylic acids is 1. The van der Waals surface area contributed by atoms with E-state index in [4.69, 9.17) is 15.8 Å². The number of rotatable bonds is 7. The normalized spacial score (nSPS) is 18.4. The zero-order valence-corrected chi connectivity index (χ0v) is 22.1. The van der Waals surface area contributed by atoms with Crippen molar-refractivity contribution in [2.75, 3.05) is 6.54 Å². The van der Waals surface area contributed by atoms with Crippen molar-refractivity contribution >= 4 is 39.3 Å². The van der Waals surface area contributed by atoms with E-state index in [0.29, 0.717) is 58.8 Å². The van der Waals surface area contributed by atoms with Crippen molar-refractivity contribution in [3.05, 3.63) is 81.7 Å². The summed E-state index contributed by atoms with van der Waals surface area (Å²) >= 11 is 6.38. The van der Waals surface area contributed by atoms with Crippen molar-refractivity contribution in [2.45, 2.75) is 55.8 Å². The molecule has 0 spiro atoms. The highest BCUT2D eigenvalue weighted by Crippen LogP contribution is 2.51. The molecule has 8 nitrogen and oxygen atoms in total. The lowest BCUT2D eigenvalue weighted by Gasteiger charge is -2.44. The minimum atomic E-state index is -4.22. The number of hydrogen-bond acceptors (Lipinski definition) is 7. The van der Waals surface area contributed by atoms with Gasteiger partial charge in [0.2, 0.25) is 0 Å². The lowest BCUT2D eigenvalue weighted by Crippen LogP contribution is -2.40. The molecule has 1 heterocycles. The number of halogens is 1. The fourth-order valence-corrected chi connectivity index (χ4v) is 6.73. The summed E-state index contributed by atoms with van der Waals surface area (Å²) in [7, 11) is -4.22. The Morgan fingerprint density at radius 2 is 1.55 bits per heavy atom. The molecule has 0 bridgehead atoms. The predicted octanol–water partition coefficient (Wildman–Crippen LogP) is 5.00. The van der Waals surface area contributed by atoms with E-state index in [-0.39, 0.29) is 48.0 Å². The van der Waals surface area contributed by atoms with Crippen LogP contribution in [0.15, 0.2) is 76.0 Å². The number of benzene rings is 2. The molecule has 3 aliphatic rings. The third-order valence-corrected chi connectivity index (χ3v) is 8.63. The Kier molecular flexibility index (Phi) is 7.15. The third-order valence-electron chi connectivity index (χ3n) is 7.15. The molecule has 10 heteroatoms. The third kappa shape index (κ3) is 4.88. The van der Waals surface area contributed by atoms with Gasteiger partial charge >= 0.3 is 16.1 Å². The van der Waals surface area contributed by atoms with Gasteiger partial charge in [0.15, 0.2) is 11.6 Å². The van der Waals surface area contributed by atoms with Crippen LogP contribution < -0.4 is 4.18 Å². The van der Waals surface area contributed by atoms with E-state index < -0.39 is 22.0 Å². The van der Waals surface area contributed by atoms with Crippen LogP contribution in [0.3, 0.4) is 0 Å². The van der Waals surface area contributed by atoms with Gasteiger partial charge in [-0.3, -0.25) is 14.4 Å². The molecule has 1 N–H and O–H groups in total. The van der Waals surface area contributed by atoms with Crippen molar-refractivity contribution in [2.24, 2.45) is 0 Å². The standard InChI is InChI=1S/C28H26ClNO7S/c29-17-12-13-24(37-38(35,36)18-6-2-1-3-7-18)19(16-17)26-27-20(8-4-10-22(27)31)30(15-14-25(33)34)21-9-5-11-23(32)28(21)26/h1-3,6-7,12-13,16,26H,4-5,8-11,14-15H2,(H,33,34). The number of carbonyl (C=O) groups is 3. The molecule has 5 rings (SSSR count). The number of allylic oxidation sites excluding steroid dienone is 4. The average molecular weight is 556 g/mol. The molecule has 2 aliphatic carbocycles. The summed E-state index contributed by atoms with van der Waals surface area (Å²) in [5.41, 5.74) is 2.48. The van der Waals surface area contributed by atoms with Gasteiger partial charge in [0.05, 0.1) is 6.42 Å². The molecule has 0 fully saturated rings. The topological polar surface area (TPSA) is 118 Å². The van der Waals surface area contributed by atoms with E-state index in [0.717, 1.165) is 0 Å². The van der Waals surface area contributed by atoms with Crippen LogP contribution in [-0.2, 0) is 24.5 Å². The van der Waals surface area contributed by atoms with Crippen molar-refractivity contribution in [1.29, 1.82) is 0 Å². The first-order chi connectivity index (χ1) is 18.2. The summed E-state index contributed by atoms with van der Waals surface area (Å²) in [5.74, 6) is -2.16. The van der Waals surface area contributed by atoms with E-state index in [1.54, 1.807) is 24.3 Å². The SMILES string of the molecule is O=C(O)CCN1C2=C(C(=O)CCC2)C(c2cc(Cl)ccc2OS(=O)(=O)c2ccccc2)C2=C1CCCC2=O. The summed E-state index contributed by atoms with van der Waals surface area (Å²) in [6.45, 7) is 0.140. The Morgan fingerprint density at radius 1 is 0.947 bits per heavy atom. The van der Waals surface area contributed by atoms with Gasteiger partial charge in [0.1, 0.15) is 10.6 Å². The van der Waals surface area contributed by atoms with Gasteiger partial charge in [0.25, 0.3) is 0 Å². The largest absolute Gasteiger partial charge is 0.481 e. The quantitative estimate of drug-likeness (QED) is 0.474. The highest BCUT2D eigenvalue weighted by Gasteiger charge is 2.44. The van der Waals surface area contributed by atoms with Crippen molar-refractivity contribution < 1.29 is 32.1 Å². The maximum atomic E-state index is 13.5. The molecule has 38 heavy (non-hydrogen) atoms. The van der Waals surface area contributed by atoms with Crippen molar-refractivity contribution in [1.82, 2.24) is 4.90 Å². The molecule has 0 saturated carbocycles. The van der Waals surface area contributed by atoms with Crippen LogP contribution in [0.25, 0.3) is 0 Å². The second kappa shape index (κ2) is 10.4. The number of carboxylic acid groups (broad SMARTS) is 1. The summed E-state index contributed by atoms with van der Waals surface area (Å²) in [6.07, 6.45) is 2.69. The zero-order valence-electron chi connectivity index (χ0n) is 20.5. The van der Waals surface area contributed by atoms with E-state index in [1.165, 1.54) is 24.3 Å². The first-order valence-electron chi connectivity index (χ1n) is 12.5. The highest BCUT2D eigenvalue weighted by atomic mass is 35.5. The van der Waals surface area contributed by atoms with Gasteiger partial charge in [0, 0.05) is 58.4 Å². The van der Waals surface area contributed by atoms with Gasteiger partial charge < -0.3 is 14.2 Å². The van der Waals surface area contributed by atoms with Gasteiger partial charge in [-0.25, -0.2) is 0 Å². The Morgan fingerprint density at radius 3 is 2.13 bits per heavy atom. The van der Waals surface area contributed by atoms with Crippen LogP contribution in [0.2, 0.25) is 5.02 Å². The minimum Gasteiger partial charge on any atom is -0.481 e. The Labute approximate surface area is 225 Å².